The molecule has 3 rings (SSSR count). The van der Waals surface area contributed by atoms with Gasteiger partial charge in [0.15, 0.2) is 9.84 Å². The predicted octanol–water partition coefficient (Wildman–Crippen LogP) is 3.09. The topological polar surface area (TPSA) is 63.7 Å². The minimum Gasteiger partial charge on any atom is -0.497 e. The van der Waals surface area contributed by atoms with Gasteiger partial charge in [-0.3, -0.25) is 4.79 Å². The van der Waals surface area contributed by atoms with Crippen LogP contribution in [0.2, 0.25) is 0 Å². The van der Waals surface area contributed by atoms with Gasteiger partial charge in [0.1, 0.15) is 5.75 Å². The summed E-state index contributed by atoms with van der Waals surface area (Å²) in [7, 11) is -1.70. The molecule has 0 N–H and O–H groups in total. The highest BCUT2D eigenvalue weighted by atomic mass is 32.2. The molecule has 1 aliphatic heterocycles. The van der Waals surface area contributed by atoms with Crippen molar-refractivity contribution in [1.29, 1.82) is 0 Å². The zero-order valence-corrected chi connectivity index (χ0v) is 16.3. The van der Waals surface area contributed by atoms with E-state index in [1.807, 2.05) is 30.3 Å². The number of amides is 1. The Balaban J connectivity index is 1.51. The van der Waals surface area contributed by atoms with E-state index in [2.05, 4.69) is 0 Å². The van der Waals surface area contributed by atoms with Crippen LogP contribution in [-0.4, -0.2) is 44.7 Å². The SMILES string of the molecule is COc1ccc(CCC(=O)N2CCC(S(=O)(=O)c3ccccc3)CC2)cc1. The summed E-state index contributed by atoms with van der Waals surface area (Å²) in [6.07, 6.45) is 2.09. The molecule has 6 heteroatoms. The predicted molar refractivity (Wildman–Crippen MR) is 105 cm³/mol. The van der Waals surface area contributed by atoms with E-state index in [1.165, 1.54) is 0 Å². The molecule has 144 valence electrons. The Morgan fingerprint density at radius 2 is 1.67 bits per heavy atom. The molecule has 27 heavy (non-hydrogen) atoms. The lowest BCUT2D eigenvalue weighted by Gasteiger charge is -2.32. The van der Waals surface area contributed by atoms with Crippen molar-refractivity contribution >= 4 is 15.7 Å². The van der Waals surface area contributed by atoms with Gasteiger partial charge in [-0.15, -0.1) is 0 Å². The highest BCUT2D eigenvalue weighted by Gasteiger charge is 2.32. The summed E-state index contributed by atoms with van der Waals surface area (Å²) in [5.41, 5.74) is 1.09. The van der Waals surface area contributed by atoms with E-state index in [9.17, 15) is 13.2 Å². The van der Waals surface area contributed by atoms with Gasteiger partial charge in [0, 0.05) is 19.5 Å². The molecule has 0 atom stereocenters. The molecule has 1 amide bonds. The van der Waals surface area contributed by atoms with Gasteiger partial charge < -0.3 is 9.64 Å². The third-order valence-electron chi connectivity index (χ3n) is 5.09. The number of ether oxygens (including phenoxy) is 1. The average molecular weight is 388 g/mol. The van der Waals surface area contributed by atoms with E-state index in [-0.39, 0.29) is 5.91 Å². The van der Waals surface area contributed by atoms with Crippen molar-refractivity contribution in [2.45, 2.75) is 35.8 Å². The molecular weight excluding hydrogens is 362 g/mol. The summed E-state index contributed by atoms with van der Waals surface area (Å²) in [5, 5.41) is -0.412. The maximum absolute atomic E-state index is 12.7. The number of sulfone groups is 1. The van der Waals surface area contributed by atoms with Gasteiger partial charge in [0.05, 0.1) is 17.3 Å². The first-order chi connectivity index (χ1) is 13.0. The molecule has 1 saturated heterocycles. The molecule has 0 radical (unpaired) electrons. The van der Waals surface area contributed by atoms with Crippen LogP contribution in [0.15, 0.2) is 59.5 Å². The van der Waals surface area contributed by atoms with Gasteiger partial charge in [-0.25, -0.2) is 8.42 Å². The summed E-state index contributed by atoms with van der Waals surface area (Å²) in [6.45, 7) is 0.996. The monoisotopic (exact) mass is 387 g/mol. The van der Waals surface area contributed by atoms with E-state index in [4.69, 9.17) is 4.74 Å². The lowest BCUT2D eigenvalue weighted by Crippen LogP contribution is -2.42. The zero-order valence-electron chi connectivity index (χ0n) is 15.5. The third-order valence-corrected chi connectivity index (χ3v) is 7.37. The Bertz CT molecular complexity index is 855. The van der Waals surface area contributed by atoms with E-state index < -0.39 is 15.1 Å². The summed E-state index contributed by atoms with van der Waals surface area (Å²) in [5.74, 6) is 0.883. The number of piperidine rings is 1. The molecule has 5 nitrogen and oxygen atoms in total. The number of hydrogen-bond donors (Lipinski definition) is 0. The number of benzene rings is 2. The maximum atomic E-state index is 12.7. The zero-order chi connectivity index (χ0) is 19.3. The van der Waals surface area contributed by atoms with Crippen LogP contribution in [0.4, 0.5) is 0 Å². The lowest BCUT2D eigenvalue weighted by atomic mass is 10.1. The second-order valence-electron chi connectivity index (χ2n) is 6.79. The van der Waals surface area contributed by atoms with Crippen LogP contribution in [-0.2, 0) is 21.1 Å². The molecule has 0 unspecified atom stereocenters. The molecule has 1 fully saturated rings. The summed E-state index contributed by atoms with van der Waals surface area (Å²) < 4.78 is 30.6. The number of hydrogen-bond acceptors (Lipinski definition) is 4. The highest BCUT2D eigenvalue weighted by Crippen LogP contribution is 2.25. The van der Waals surface area contributed by atoms with Crippen molar-refractivity contribution in [3.8, 4) is 5.75 Å². The standard InChI is InChI=1S/C21H25NO4S/c1-26-18-10-7-17(8-11-18)9-12-21(23)22-15-13-20(14-16-22)27(24,25)19-5-3-2-4-6-19/h2-8,10-11,20H,9,12-16H2,1H3. The number of nitrogens with zero attached hydrogens (tertiary/aromatic N) is 1. The molecule has 0 bridgehead atoms. The molecular formula is C21H25NO4S. The quantitative estimate of drug-likeness (QED) is 0.764. The van der Waals surface area contributed by atoms with Gasteiger partial charge in [0.25, 0.3) is 0 Å². The Labute approximate surface area is 160 Å². The van der Waals surface area contributed by atoms with E-state index in [0.29, 0.717) is 43.7 Å². The van der Waals surface area contributed by atoms with Gasteiger partial charge in [-0.05, 0) is 49.1 Å². The normalized spacial score (nSPS) is 15.5. The van der Waals surface area contributed by atoms with E-state index >= 15 is 0 Å². The fraction of sp³-hybridized carbons (Fsp3) is 0.381. The van der Waals surface area contributed by atoms with Crippen molar-refractivity contribution in [2.75, 3.05) is 20.2 Å². The molecule has 2 aromatic rings. The van der Waals surface area contributed by atoms with Gasteiger partial charge >= 0.3 is 0 Å². The fourth-order valence-electron chi connectivity index (χ4n) is 3.42. The Kier molecular flexibility index (Phi) is 6.16. The van der Waals surface area contributed by atoms with Crippen molar-refractivity contribution in [1.82, 2.24) is 4.90 Å². The molecule has 0 aliphatic carbocycles. The number of rotatable bonds is 6. The Morgan fingerprint density at radius 3 is 2.26 bits per heavy atom. The largest absolute Gasteiger partial charge is 0.497 e. The van der Waals surface area contributed by atoms with Crippen LogP contribution >= 0.6 is 0 Å². The first kappa shape index (κ1) is 19.4. The lowest BCUT2D eigenvalue weighted by molar-refractivity contribution is -0.132. The van der Waals surface area contributed by atoms with E-state index in [0.717, 1.165) is 11.3 Å². The van der Waals surface area contributed by atoms with Crippen LogP contribution < -0.4 is 4.74 Å². The Morgan fingerprint density at radius 1 is 1.04 bits per heavy atom. The first-order valence-corrected chi connectivity index (χ1v) is 10.7. The number of methoxy groups -OCH3 is 1. The smallest absolute Gasteiger partial charge is 0.222 e. The van der Waals surface area contributed by atoms with Gasteiger partial charge in [-0.2, -0.15) is 0 Å². The van der Waals surface area contributed by atoms with Gasteiger partial charge in [-0.1, -0.05) is 30.3 Å². The van der Waals surface area contributed by atoms with Crippen molar-refractivity contribution < 1.29 is 17.9 Å². The Hall–Kier alpha value is -2.34. The summed E-state index contributed by atoms with van der Waals surface area (Å²) in [4.78, 5) is 14.6. The van der Waals surface area contributed by atoms with E-state index in [1.54, 1.807) is 36.3 Å². The molecule has 0 saturated carbocycles. The fourth-order valence-corrected chi connectivity index (χ4v) is 5.17. The molecule has 1 aliphatic rings. The third kappa shape index (κ3) is 4.69. The van der Waals surface area contributed by atoms with Crippen LogP contribution in [0.3, 0.4) is 0 Å². The average Bonchev–Trinajstić information content (AvgIpc) is 2.73. The molecule has 0 aromatic heterocycles. The number of aryl methyl sites for hydroxylation is 1. The highest BCUT2D eigenvalue weighted by molar-refractivity contribution is 7.92. The number of carbonyl (C=O) groups is 1. The van der Waals surface area contributed by atoms with Crippen molar-refractivity contribution in [3.05, 3.63) is 60.2 Å². The van der Waals surface area contributed by atoms with Crippen LogP contribution in [0.5, 0.6) is 5.75 Å². The first-order valence-electron chi connectivity index (χ1n) is 9.20. The number of carbonyl (C=O) groups excluding carboxylic acids is 1. The van der Waals surface area contributed by atoms with Crippen LogP contribution in [0.25, 0.3) is 0 Å². The molecule has 1 heterocycles. The summed E-state index contributed by atoms with van der Waals surface area (Å²) >= 11 is 0. The second-order valence-corrected chi connectivity index (χ2v) is 9.01. The molecule has 0 spiro atoms. The minimum absolute atomic E-state index is 0.0846. The van der Waals surface area contributed by atoms with Crippen molar-refractivity contribution in [2.24, 2.45) is 0 Å². The van der Waals surface area contributed by atoms with Crippen molar-refractivity contribution in [3.63, 3.8) is 0 Å². The maximum Gasteiger partial charge on any atom is 0.222 e. The second kappa shape index (κ2) is 8.57. The van der Waals surface area contributed by atoms with Crippen LogP contribution in [0, 0.1) is 0 Å². The van der Waals surface area contributed by atoms with Gasteiger partial charge in [0.2, 0.25) is 5.91 Å². The molecule has 2 aromatic carbocycles. The van der Waals surface area contributed by atoms with Crippen LogP contribution in [0.1, 0.15) is 24.8 Å². The summed E-state index contributed by atoms with van der Waals surface area (Å²) in [6, 6.07) is 16.3. The number of likely N-dealkylation sites (tertiary alicyclic amines) is 1. The minimum atomic E-state index is -3.32.